The van der Waals surface area contributed by atoms with Crippen LogP contribution >= 0.6 is 0 Å². The summed E-state index contributed by atoms with van der Waals surface area (Å²) in [5, 5.41) is 9.16. The molecule has 0 unspecified atom stereocenters. The van der Waals surface area contributed by atoms with Crippen LogP contribution in [0.4, 0.5) is 0 Å². The van der Waals surface area contributed by atoms with Crippen LogP contribution in [0, 0.1) is 18.3 Å². The zero-order valence-corrected chi connectivity index (χ0v) is 11.4. The summed E-state index contributed by atoms with van der Waals surface area (Å²) in [6.07, 6.45) is -0.509. The van der Waals surface area contributed by atoms with Gasteiger partial charge in [0.25, 0.3) is 0 Å². The summed E-state index contributed by atoms with van der Waals surface area (Å²) in [6.45, 7) is 4.28. The van der Waals surface area contributed by atoms with Gasteiger partial charge in [0.2, 0.25) is 6.29 Å². The molecular weight excluding hydrogens is 252 g/mol. The molecule has 1 aliphatic rings. The van der Waals surface area contributed by atoms with Crippen LogP contribution in [0.2, 0.25) is 0 Å². The number of hydrogen-bond donors (Lipinski definition) is 0. The number of para-hydroxylation sites is 1. The average Bonchev–Trinajstić information content (AvgIpc) is 2.47. The number of aryl methyl sites for hydroxylation is 1. The van der Waals surface area contributed by atoms with Gasteiger partial charge in [0, 0.05) is 17.7 Å². The molecule has 0 fully saturated rings. The molecule has 4 heteroatoms. The van der Waals surface area contributed by atoms with Crippen molar-refractivity contribution in [2.45, 2.75) is 20.1 Å². The van der Waals surface area contributed by atoms with Gasteiger partial charge in [0.15, 0.2) is 0 Å². The summed E-state index contributed by atoms with van der Waals surface area (Å²) >= 11 is 0. The Labute approximate surface area is 117 Å². The van der Waals surface area contributed by atoms with Gasteiger partial charge in [-0.2, -0.15) is 5.26 Å². The Kier molecular flexibility index (Phi) is 3.13. The summed E-state index contributed by atoms with van der Waals surface area (Å²) in [5.74, 6) is 0.759. The maximum atomic E-state index is 9.16. The van der Waals surface area contributed by atoms with Gasteiger partial charge >= 0.3 is 0 Å². The van der Waals surface area contributed by atoms with Gasteiger partial charge in [-0.05, 0) is 32.0 Å². The fourth-order valence-electron chi connectivity index (χ4n) is 2.35. The lowest BCUT2D eigenvalue weighted by molar-refractivity contribution is -0.0803. The molecule has 1 atom stereocenters. The van der Waals surface area contributed by atoms with Crippen molar-refractivity contribution >= 4 is 0 Å². The molecule has 0 N–H and O–H groups in total. The van der Waals surface area contributed by atoms with Crippen molar-refractivity contribution in [2.75, 3.05) is 6.61 Å². The first-order valence-corrected chi connectivity index (χ1v) is 6.54. The van der Waals surface area contributed by atoms with Crippen LogP contribution in [0.1, 0.15) is 30.0 Å². The summed E-state index contributed by atoms with van der Waals surface area (Å²) in [6, 6.07) is 11.7. The third-order valence-corrected chi connectivity index (χ3v) is 3.31. The van der Waals surface area contributed by atoms with Crippen LogP contribution in [0.3, 0.4) is 0 Å². The van der Waals surface area contributed by atoms with Crippen molar-refractivity contribution in [2.24, 2.45) is 0 Å². The zero-order chi connectivity index (χ0) is 14.1. The minimum atomic E-state index is -0.509. The number of hydrogen-bond acceptors (Lipinski definition) is 4. The highest BCUT2D eigenvalue weighted by Crippen LogP contribution is 2.42. The number of rotatable bonds is 2. The van der Waals surface area contributed by atoms with E-state index < -0.39 is 6.29 Å². The molecule has 3 rings (SSSR count). The Morgan fingerprint density at radius 1 is 1.40 bits per heavy atom. The molecule has 4 nitrogen and oxygen atoms in total. The molecule has 1 aliphatic heterocycles. The van der Waals surface area contributed by atoms with Gasteiger partial charge in [-0.15, -0.1) is 0 Å². The molecule has 0 radical (unpaired) electrons. The number of nitriles is 1. The molecule has 0 saturated carbocycles. The van der Waals surface area contributed by atoms with Crippen LogP contribution in [0.15, 0.2) is 30.3 Å². The van der Waals surface area contributed by atoms with E-state index in [1.807, 2.05) is 44.2 Å². The smallest absolute Gasteiger partial charge is 0.228 e. The van der Waals surface area contributed by atoms with E-state index in [4.69, 9.17) is 14.7 Å². The van der Waals surface area contributed by atoms with Crippen LogP contribution in [0.25, 0.3) is 11.3 Å². The van der Waals surface area contributed by atoms with Crippen molar-refractivity contribution in [3.05, 3.63) is 47.2 Å². The first-order valence-electron chi connectivity index (χ1n) is 6.54. The Morgan fingerprint density at radius 3 is 2.95 bits per heavy atom. The molecule has 2 heterocycles. The molecule has 0 spiro atoms. The van der Waals surface area contributed by atoms with Gasteiger partial charge in [0.05, 0.1) is 17.0 Å². The molecule has 100 valence electrons. The van der Waals surface area contributed by atoms with Crippen LogP contribution < -0.4 is 4.74 Å². The number of fused-ring (bicyclic) bond motifs is 3. The lowest BCUT2D eigenvalue weighted by atomic mass is 9.99. The van der Waals surface area contributed by atoms with E-state index in [1.54, 1.807) is 0 Å². The Morgan fingerprint density at radius 2 is 2.20 bits per heavy atom. The lowest BCUT2D eigenvalue weighted by Crippen LogP contribution is -2.18. The minimum Gasteiger partial charge on any atom is -0.460 e. The number of benzene rings is 1. The quantitative estimate of drug-likeness (QED) is 0.836. The molecule has 0 saturated heterocycles. The van der Waals surface area contributed by atoms with Crippen LogP contribution in [0.5, 0.6) is 5.75 Å². The van der Waals surface area contributed by atoms with E-state index in [-0.39, 0.29) is 0 Å². The third kappa shape index (κ3) is 1.93. The highest BCUT2D eigenvalue weighted by Gasteiger charge is 2.28. The van der Waals surface area contributed by atoms with E-state index in [9.17, 15) is 0 Å². The number of pyridine rings is 1. The van der Waals surface area contributed by atoms with Crippen molar-refractivity contribution < 1.29 is 9.47 Å². The maximum absolute atomic E-state index is 9.16. The Hall–Kier alpha value is -2.38. The van der Waals surface area contributed by atoms with Crippen LogP contribution in [-0.4, -0.2) is 11.6 Å². The van der Waals surface area contributed by atoms with Gasteiger partial charge in [-0.1, -0.05) is 12.1 Å². The predicted molar refractivity (Wildman–Crippen MR) is 74.1 cm³/mol. The average molecular weight is 266 g/mol. The molecule has 1 aromatic carbocycles. The second-order valence-electron chi connectivity index (χ2n) is 4.57. The summed E-state index contributed by atoms with van der Waals surface area (Å²) in [5.41, 5.74) is 3.86. The lowest BCUT2D eigenvalue weighted by Gasteiger charge is -2.28. The van der Waals surface area contributed by atoms with Crippen molar-refractivity contribution in [3.63, 3.8) is 0 Å². The monoisotopic (exact) mass is 266 g/mol. The summed E-state index contributed by atoms with van der Waals surface area (Å²) < 4.78 is 11.5. The van der Waals surface area contributed by atoms with E-state index in [1.165, 1.54) is 0 Å². The van der Waals surface area contributed by atoms with Gasteiger partial charge in [0.1, 0.15) is 11.8 Å². The van der Waals surface area contributed by atoms with Gasteiger partial charge < -0.3 is 9.47 Å². The second kappa shape index (κ2) is 4.95. The first kappa shape index (κ1) is 12.6. The molecule has 0 aliphatic carbocycles. The van der Waals surface area contributed by atoms with E-state index in [0.717, 1.165) is 28.3 Å². The second-order valence-corrected chi connectivity index (χ2v) is 4.57. The highest BCUT2D eigenvalue weighted by atomic mass is 16.7. The molecule has 0 amide bonds. The molecular formula is C16H14N2O2. The largest absolute Gasteiger partial charge is 0.460 e. The summed E-state index contributed by atoms with van der Waals surface area (Å²) in [4.78, 5) is 4.58. The summed E-state index contributed by atoms with van der Waals surface area (Å²) in [7, 11) is 0. The highest BCUT2D eigenvalue weighted by molar-refractivity contribution is 5.73. The number of ether oxygens (including phenoxy) is 2. The van der Waals surface area contributed by atoms with Gasteiger partial charge in [-0.3, -0.25) is 4.98 Å². The molecule has 2 aromatic rings. The molecule has 1 aromatic heterocycles. The zero-order valence-electron chi connectivity index (χ0n) is 11.4. The SMILES string of the molecule is CCO[C@H]1Oc2ccccc2-c2nc(C)c(C#N)cc21. The van der Waals surface area contributed by atoms with Gasteiger partial charge in [-0.25, -0.2) is 0 Å². The Balaban J connectivity index is 2.23. The number of nitrogens with zero attached hydrogens (tertiary/aromatic N) is 2. The van der Waals surface area contributed by atoms with Crippen molar-refractivity contribution in [1.82, 2.24) is 4.98 Å². The predicted octanol–water partition coefficient (Wildman–Crippen LogP) is 3.36. The third-order valence-electron chi connectivity index (χ3n) is 3.31. The minimum absolute atomic E-state index is 0.509. The van der Waals surface area contributed by atoms with Crippen molar-refractivity contribution in [3.8, 4) is 23.1 Å². The van der Waals surface area contributed by atoms with E-state index >= 15 is 0 Å². The topological polar surface area (TPSA) is 55.1 Å². The maximum Gasteiger partial charge on any atom is 0.228 e. The van der Waals surface area contributed by atoms with Crippen LogP contribution in [-0.2, 0) is 4.74 Å². The fourth-order valence-corrected chi connectivity index (χ4v) is 2.35. The van der Waals surface area contributed by atoms with Crippen molar-refractivity contribution in [1.29, 1.82) is 5.26 Å². The van der Waals surface area contributed by atoms with E-state index in [0.29, 0.717) is 12.2 Å². The standard InChI is InChI=1S/C16H14N2O2/c1-3-19-16-13-8-11(9-17)10(2)18-15(13)12-6-4-5-7-14(12)20-16/h4-8,16H,3H2,1-2H3/t16-/m0/s1. The molecule has 20 heavy (non-hydrogen) atoms. The fraction of sp³-hybridized carbons (Fsp3) is 0.250. The first-order chi connectivity index (χ1) is 9.74. The number of aromatic nitrogens is 1. The molecule has 0 bridgehead atoms. The Bertz CT molecular complexity index is 704. The normalized spacial score (nSPS) is 15.8. The van der Waals surface area contributed by atoms with E-state index in [2.05, 4.69) is 11.1 Å².